The van der Waals surface area contributed by atoms with Gasteiger partial charge >= 0.3 is 0 Å². The number of carbonyl (C=O) groups is 3. The molecule has 3 aromatic rings. The summed E-state index contributed by atoms with van der Waals surface area (Å²) >= 11 is 0. The molecule has 1 fully saturated rings. The van der Waals surface area contributed by atoms with Crippen LogP contribution in [0.5, 0.6) is 0 Å². The van der Waals surface area contributed by atoms with Crippen LogP contribution in [0.2, 0.25) is 0 Å². The van der Waals surface area contributed by atoms with Gasteiger partial charge in [-0.25, -0.2) is 4.98 Å². The highest BCUT2D eigenvalue weighted by atomic mass is 16.2. The highest BCUT2D eigenvalue weighted by Crippen LogP contribution is 2.21. The summed E-state index contributed by atoms with van der Waals surface area (Å²) in [6.45, 7) is 3.75. The minimum atomic E-state index is -0.794. The second kappa shape index (κ2) is 8.14. The average Bonchev–Trinajstić information content (AvgIpc) is 2.73. The number of hydrogen-bond acceptors (Lipinski definition) is 5. The Morgan fingerprint density at radius 2 is 1.87 bits per heavy atom. The van der Waals surface area contributed by atoms with Crippen LogP contribution in [0.4, 0.5) is 0 Å². The van der Waals surface area contributed by atoms with Gasteiger partial charge in [0.25, 0.3) is 11.5 Å². The lowest BCUT2D eigenvalue weighted by molar-refractivity contribution is -0.135. The molecule has 158 valence electrons. The molecule has 2 heterocycles. The van der Waals surface area contributed by atoms with Gasteiger partial charge < -0.3 is 5.32 Å². The zero-order valence-corrected chi connectivity index (χ0v) is 17.3. The van der Waals surface area contributed by atoms with Crippen LogP contribution in [-0.4, -0.2) is 27.3 Å². The quantitative estimate of drug-likeness (QED) is 0.629. The van der Waals surface area contributed by atoms with Crippen LogP contribution in [-0.2, 0) is 16.1 Å². The Hall–Kier alpha value is -3.81. The molecule has 1 saturated heterocycles. The Kier molecular flexibility index (Phi) is 5.37. The molecule has 0 spiro atoms. The van der Waals surface area contributed by atoms with E-state index in [1.165, 1.54) is 4.57 Å². The summed E-state index contributed by atoms with van der Waals surface area (Å²) < 4.78 is 1.34. The van der Waals surface area contributed by atoms with E-state index < -0.39 is 11.9 Å². The average molecular weight is 418 g/mol. The number of nitrogens with one attached hydrogen (secondary N) is 2. The van der Waals surface area contributed by atoms with Gasteiger partial charge in [-0.2, -0.15) is 0 Å². The van der Waals surface area contributed by atoms with Crippen LogP contribution in [0.15, 0.2) is 47.3 Å². The zero-order valence-electron chi connectivity index (χ0n) is 17.3. The highest BCUT2D eigenvalue weighted by molar-refractivity contribution is 5.99. The molecule has 1 aromatic heterocycles. The molecule has 4 rings (SSSR count). The van der Waals surface area contributed by atoms with E-state index in [0.29, 0.717) is 27.9 Å². The summed E-state index contributed by atoms with van der Waals surface area (Å²) in [7, 11) is 0. The fourth-order valence-electron chi connectivity index (χ4n) is 3.85. The van der Waals surface area contributed by atoms with Crippen molar-refractivity contribution in [2.75, 3.05) is 0 Å². The van der Waals surface area contributed by atoms with Crippen molar-refractivity contribution in [3.8, 4) is 0 Å². The van der Waals surface area contributed by atoms with E-state index in [1.54, 1.807) is 37.3 Å². The van der Waals surface area contributed by atoms with Crippen LogP contribution >= 0.6 is 0 Å². The van der Waals surface area contributed by atoms with Crippen LogP contribution in [0.3, 0.4) is 0 Å². The fraction of sp³-hybridized carbons (Fsp3) is 0.261. The zero-order chi connectivity index (χ0) is 22.1. The minimum Gasteiger partial charge on any atom is -0.348 e. The smallest absolute Gasteiger partial charge is 0.262 e. The van der Waals surface area contributed by atoms with E-state index in [-0.39, 0.29) is 36.8 Å². The molecule has 0 bridgehead atoms. The van der Waals surface area contributed by atoms with Crippen molar-refractivity contribution >= 4 is 28.6 Å². The molecule has 8 heteroatoms. The van der Waals surface area contributed by atoms with E-state index in [4.69, 9.17) is 0 Å². The number of imide groups is 1. The van der Waals surface area contributed by atoms with Crippen molar-refractivity contribution in [1.29, 1.82) is 0 Å². The molecule has 31 heavy (non-hydrogen) atoms. The van der Waals surface area contributed by atoms with E-state index in [2.05, 4.69) is 15.6 Å². The molecule has 1 atom stereocenters. The summed E-state index contributed by atoms with van der Waals surface area (Å²) in [5.41, 5.74) is 2.32. The molecule has 2 aromatic carbocycles. The van der Waals surface area contributed by atoms with Gasteiger partial charge in [-0.15, -0.1) is 0 Å². The van der Waals surface area contributed by atoms with Crippen molar-refractivity contribution in [3.63, 3.8) is 0 Å². The minimum absolute atomic E-state index is 0.138. The summed E-state index contributed by atoms with van der Waals surface area (Å²) in [6, 6.07) is 11.7. The Morgan fingerprint density at radius 3 is 2.58 bits per heavy atom. The molecule has 1 aliphatic rings. The molecular weight excluding hydrogens is 396 g/mol. The van der Waals surface area contributed by atoms with Gasteiger partial charge in [0.05, 0.1) is 10.9 Å². The number of nitrogens with zero attached hydrogens (tertiary/aromatic N) is 2. The predicted octanol–water partition coefficient (Wildman–Crippen LogP) is 1.92. The summed E-state index contributed by atoms with van der Waals surface area (Å²) in [6.07, 6.45) is 0.402. The lowest BCUT2D eigenvalue weighted by Crippen LogP contribution is -2.45. The normalized spacial score (nSPS) is 16.3. The van der Waals surface area contributed by atoms with Crippen molar-refractivity contribution in [3.05, 3.63) is 75.3 Å². The third-order valence-electron chi connectivity index (χ3n) is 5.47. The standard InChI is InChI=1S/C23H22N4O4/c1-13-6-8-15(9-7-13)21(29)24-12-16-4-3-5-17-20(16)23(31)27(14(2)25-17)18-10-11-19(28)26-22(18)30/h3-9,18H,10-12H2,1-2H3,(H,24,29)(H,26,28,30). The Morgan fingerprint density at radius 1 is 1.13 bits per heavy atom. The van der Waals surface area contributed by atoms with Crippen LogP contribution in [0.1, 0.15) is 46.2 Å². The number of aryl methyl sites for hydroxylation is 2. The van der Waals surface area contributed by atoms with Crippen LogP contribution < -0.4 is 16.2 Å². The van der Waals surface area contributed by atoms with Crippen LogP contribution in [0.25, 0.3) is 10.9 Å². The summed E-state index contributed by atoms with van der Waals surface area (Å²) in [4.78, 5) is 54.2. The molecule has 0 radical (unpaired) electrons. The second-order valence-electron chi connectivity index (χ2n) is 7.66. The van der Waals surface area contributed by atoms with Gasteiger partial charge in [0.1, 0.15) is 11.9 Å². The van der Waals surface area contributed by atoms with Crippen LogP contribution in [0, 0.1) is 13.8 Å². The maximum absolute atomic E-state index is 13.4. The van der Waals surface area contributed by atoms with Crippen molar-refractivity contribution < 1.29 is 14.4 Å². The maximum atomic E-state index is 13.4. The number of fused-ring (bicyclic) bond motifs is 1. The second-order valence-corrected chi connectivity index (χ2v) is 7.66. The third-order valence-corrected chi connectivity index (χ3v) is 5.47. The van der Waals surface area contributed by atoms with Crippen molar-refractivity contribution in [2.24, 2.45) is 0 Å². The number of rotatable bonds is 4. The molecule has 1 aliphatic heterocycles. The number of hydrogen-bond donors (Lipinski definition) is 2. The number of carbonyl (C=O) groups excluding carboxylic acids is 3. The van der Waals surface area contributed by atoms with Crippen molar-refractivity contribution in [2.45, 2.75) is 39.3 Å². The topological polar surface area (TPSA) is 110 Å². The van der Waals surface area contributed by atoms with Gasteiger partial charge in [-0.3, -0.25) is 29.1 Å². The van der Waals surface area contributed by atoms with E-state index in [0.717, 1.165) is 5.56 Å². The fourth-order valence-corrected chi connectivity index (χ4v) is 3.85. The lowest BCUT2D eigenvalue weighted by Gasteiger charge is -2.24. The Labute approximate surface area is 178 Å². The predicted molar refractivity (Wildman–Crippen MR) is 115 cm³/mol. The molecule has 3 amide bonds. The van der Waals surface area contributed by atoms with E-state index in [1.807, 2.05) is 19.1 Å². The summed E-state index contributed by atoms with van der Waals surface area (Å²) in [5.74, 6) is -0.705. The molecule has 1 unspecified atom stereocenters. The first kappa shape index (κ1) is 20.5. The number of benzene rings is 2. The van der Waals surface area contributed by atoms with Gasteiger partial charge in [-0.05, 0) is 44.0 Å². The number of piperidine rings is 1. The first-order chi connectivity index (χ1) is 14.8. The monoisotopic (exact) mass is 418 g/mol. The van der Waals surface area contributed by atoms with Gasteiger partial charge in [-0.1, -0.05) is 29.8 Å². The highest BCUT2D eigenvalue weighted by Gasteiger charge is 2.30. The molecule has 8 nitrogen and oxygen atoms in total. The molecule has 0 aliphatic carbocycles. The van der Waals surface area contributed by atoms with E-state index >= 15 is 0 Å². The first-order valence-electron chi connectivity index (χ1n) is 10.0. The lowest BCUT2D eigenvalue weighted by atomic mass is 10.0. The first-order valence-corrected chi connectivity index (χ1v) is 10.0. The van der Waals surface area contributed by atoms with Gasteiger partial charge in [0, 0.05) is 18.5 Å². The SMILES string of the molecule is Cc1ccc(C(=O)NCc2cccc3nc(C)n(C4CCC(=O)NC4=O)c(=O)c23)cc1. The largest absolute Gasteiger partial charge is 0.348 e. The molecular formula is C23H22N4O4. The van der Waals surface area contributed by atoms with E-state index in [9.17, 15) is 19.2 Å². The number of aromatic nitrogens is 2. The Bertz CT molecular complexity index is 1260. The summed E-state index contributed by atoms with van der Waals surface area (Å²) in [5, 5.41) is 5.48. The van der Waals surface area contributed by atoms with Crippen molar-refractivity contribution in [1.82, 2.24) is 20.2 Å². The van der Waals surface area contributed by atoms with Gasteiger partial charge in [0.15, 0.2) is 0 Å². The number of amides is 3. The third kappa shape index (κ3) is 3.96. The maximum Gasteiger partial charge on any atom is 0.262 e. The molecule has 0 saturated carbocycles. The van der Waals surface area contributed by atoms with Gasteiger partial charge in [0.2, 0.25) is 11.8 Å². The Balaban J connectivity index is 1.69. The molecule has 2 N–H and O–H groups in total.